The second-order valence-electron chi connectivity index (χ2n) is 4.77. The number of carboxylic acid groups (broad SMARTS) is 1. The number of aliphatic carboxylic acids is 1. The predicted octanol–water partition coefficient (Wildman–Crippen LogP) is 1.60. The number of halogens is 1. The number of amides is 1. The maximum Gasteiger partial charge on any atom is 0.305 e. The van der Waals surface area contributed by atoms with Crippen LogP contribution in [0.3, 0.4) is 0 Å². The first-order chi connectivity index (χ1) is 9.52. The van der Waals surface area contributed by atoms with Gasteiger partial charge in [0.15, 0.2) is 0 Å². The molecule has 0 spiro atoms. The molecule has 1 aromatic rings. The van der Waals surface area contributed by atoms with E-state index in [1.165, 1.54) is 12.4 Å². The van der Waals surface area contributed by atoms with Crippen molar-refractivity contribution in [3.63, 3.8) is 0 Å². The van der Waals surface area contributed by atoms with E-state index in [-0.39, 0.29) is 12.3 Å². The minimum absolute atomic E-state index is 0.106. The number of nitrogens with one attached hydrogen (secondary N) is 1. The van der Waals surface area contributed by atoms with Crippen LogP contribution in [0.4, 0.5) is 0 Å². The molecular weight excluding hydrogens is 328 g/mol. The van der Waals surface area contributed by atoms with Gasteiger partial charge in [-0.1, -0.05) is 0 Å². The Morgan fingerprint density at radius 1 is 1.45 bits per heavy atom. The molecule has 0 radical (unpaired) electrons. The van der Waals surface area contributed by atoms with E-state index < -0.39 is 11.5 Å². The third kappa shape index (κ3) is 3.55. The molecule has 6 nitrogen and oxygen atoms in total. The summed E-state index contributed by atoms with van der Waals surface area (Å²) in [6.07, 6.45) is 3.93. The zero-order valence-electron chi connectivity index (χ0n) is 10.8. The first-order valence-electron chi connectivity index (χ1n) is 6.24. The minimum Gasteiger partial charge on any atom is -0.481 e. The fraction of sp³-hybridized carbons (Fsp3) is 0.462. The molecule has 2 rings (SSSR count). The maximum absolute atomic E-state index is 12.3. The highest BCUT2D eigenvalue weighted by atomic mass is 79.9. The average Bonchev–Trinajstić information content (AvgIpc) is 2.39. The molecule has 2 N–H and O–H groups in total. The first kappa shape index (κ1) is 14.9. The lowest BCUT2D eigenvalue weighted by Gasteiger charge is -2.36. The van der Waals surface area contributed by atoms with Crippen LogP contribution in [0.2, 0.25) is 0 Å². The van der Waals surface area contributed by atoms with E-state index >= 15 is 0 Å². The Kier molecular flexibility index (Phi) is 4.72. The van der Waals surface area contributed by atoms with Crippen molar-refractivity contribution >= 4 is 27.8 Å². The molecule has 0 unspecified atom stereocenters. The van der Waals surface area contributed by atoms with Gasteiger partial charge in [0.25, 0.3) is 5.91 Å². The number of hydrogen-bond acceptors (Lipinski definition) is 4. The van der Waals surface area contributed by atoms with Crippen molar-refractivity contribution in [2.45, 2.75) is 24.8 Å². The van der Waals surface area contributed by atoms with Gasteiger partial charge < -0.3 is 15.2 Å². The zero-order chi connectivity index (χ0) is 14.6. The lowest BCUT2D eigenvalue weighted by molar-refractivity contribution is -0.139. The molecule has 0 saturated carbocycles. The molecule has 1 fully saturated rings. The molecule has 0 bridgehead atoms. The molecule has 1 aliphatic rings. The fourth-order valence-electron chi connectivity index (χ4n) is 2.27. The van der Waals surface area contributed by atoms with Crippen molar-refractivity contribution < 1.29 is 19.4 Å². The van der Waals surface area contributed by atoms with Gasteiger partial charge in [-0.25, -0.2) is 0 Å². The number of nitrogens with zero attached hydrogens (tertiary/aromatic N) is 1. The molecular formula is C13H15BrN2O4. The third-order valence-electron chi connectivity index (χ3n) is 3.34. The van der Waals surface area contributed by atoms with Crippen LogP contribution in [-0.2, 0) is 9.53 Å². The molecule has 1 saturated heterocycles. The van der Waals surface area contributed by atoms with E-state index in [0.29, 0.717) is 36.1 Å². The largest absolute Gasteiger partial charge is 0.481 e. The number of carbonyl (C=O) groups is 2. The van der Waals surface area contributed by atoms with Crippen LogP contribution in [0.5, 0.6) is 0 Å². The quantitative estimate of drug-likeness (QED) is 0.867. The van der Waals surface area contributed by atoms with Crippen LogP contribution < -0.4 is 5.32 Å². The van der Waals surface area contributed by atoms with Gasteiger partial charge >= 0.3 is 5.97 Å². The number of hydrogen-bond donors (Lipinski definition) is 2. The highest BCUT2D eigenvalue weighted by molar-refractivity contribution is 9.10. The molecule has 0 aromatic carbocycles. The zero-order valence-corrected chi connectivity index (χ0v) is 12.4. The molecule has 7 heteroatoms. The van der Waals surface area contributed by atoms with Gasteiger partial charge in [0.05, 0.1) is 17.5 Å². The summed E-state index contributed by atoms with van der Waals surface area (Å²) in [6.45, 7) is 0.899. The summed E-state index contributed by atoms with van der Waals surface area (Å²) in [5, 5.41) is 11.9. The topological polar surface area (TPSA) is 88.5 Å². The Morgan fingerprint density at radius 3 is 2.75 bits per heavy atom. The average molecular weight is 343 g/mol. The van der Waals surface area contributed by atoms with E-state index in [0.717, 1.165) is 0 Å². The number of pyridine rings is 1. The Balaban J connectivity index is 2.17. The van der Waals surface area contributed by atoms with Crippen molar-refractivity contribution in [3.8, 4) is 0 Å². The van der Waals surface area contributed by atoms with Crippen LogP contribution in [-0.4, -0.2) is 40.7 Å². The number of carbonyl (C=O) groups excluding carboxylic acids is 1. The van der Waals surface area contributed by atoms with Crippen LogP contribution in [0.25, 0.3) is 0 Å². The lowest BCUT2D eigenvalue weighted by atomic mass is 9.86. The van der Waals surface area contributed by atoms with Crippen molar-refractivity contribution in [1.82, 2.24) is 10.3 Å². The molecule has 0 atom stereocenters. The Bertz CT molecular complexity index is 515. The Hall–Kier alpha value is -1.47. The molecule has 0 aliphatic carbocycles. The minimum atomic E-state index is -0.930. The maximum atomic E-state index is 12.3. The summed E-state index contributed by atoms with van der Waals surface area (Å²) >= 11 is 3.27. The van der Waals surface area contributed by atoms with E-state index in [1.807, 2.05) is 0 Å². The molecule has 1 aromatic heterocycles. The monoisotopic (exact) mass is 342 g/mol. The van der Waals surface area contributed by atoms with E-state index in [4.69, 9.17) is 9.84 Å². The normalized spacial score (nSPS) is 17.4. The summed E-state index contributed by atoms with van der Waals surface area (Å²) in [7, 11) is 0. The molecule has 1 amide bonds. The molecule has 1 aliphatic heterocycles. The lowest BCUT2D eigenvalue weighted by Crippen LogP contribution is -2.53. The number of carboxylic acids is 1. The van der Waals surface area contributed by atoms with Gasteiger partial charge in [-0.3, -0.25) is 14.6 Å². The van der Waals surface area contributed by atoms with E-state index in [1.54, 1.807) is 6.07 Å². The van der Waals surface area contributed by atoms with Crippen molar-refractivity contribution in [3.05, 3.63) is 28.5 Å². The van der Waals surface area contributed by atoms with Gasteiger partial charge in [-0.05, 0) is 34.8 Å². The van der Waals surface area contributed by atoms with Crippen molar-refractivity contribution in [1.29, 1.82) is 0 Å². The summed E-state index contributed by atoms with van der Waals surface area (Å²) in [5.74, 6) is -1.23. The smallest absolute Gasteiger partial charge is 0.305 e. The number of aromatic nitrogens is 1. The van der Waals surface area contributed by atoms with Crippen LogP contribution in [0.15, 0.2) is 22.9 Å². The first-order valence-corrected chi connectivity index (χ1v) is 7.03. The van der Waals surface area contributed by atoms with Gasteiger partial charge in [0.2, 0.25) is 0 Å². The SMILES string of the molecule is O=C(O)CC1(NC(=O)c2ccncc2Br)CCOCC1. The molecule has 108 valence electrons. The van der Waals surface area contributed by atoms with Crippen molar-refractivity contribution in [2.24, 2.45) is 0 Å². The van der Waals surface area contributed by atoms with Crippen LogP contribution >= 0.6 is 15.9 Å². The molecule has 2 heterocycles. The number of rotatable bonds is 4. The predicted molar refractivity (Wildman–Crippen MR) is 74.4 cm³/mol. The summed E-state index contributed by atoms with van der Waals surface area (Å²) < 4.78 is 5.83. The van der Waals surface area contributed by atoms with E-state index in [2.05, 4.69) is 26.2 Å². The highest BCUT2D eigenvalue weighted by Gasteiger charge is 2.36. The number of ether oxygens (including phenoxy) is 1. The van der Waals surface area contributed by atoms with Gasteiger partial charge in [-0.2, -0.15) is 0 Å². The van der Waals surface area contributed by atoms with Crippen LogP contribution in [0, 0.1) is 0 Å². The van der Waals surface area contributed by atoms with Crippen LogP contribution in [0.1, 0.15) is 29.6 Å². The fourth-order valence-corrected chi connectivity index (χ4v) is 2.70. The van der Waals surface area contributed by atoms with E-state index in [9.17, 15) is 9.59 Å². The Labute approximate surface area is 124 Å². The summed E-state index contributed by atoms with van der Waals surface area (Å²) in [5.41, 5.74) is -0.305. The standard InChI is InChI=1S/C13H15BrN2O4/c14-10-8-15-4-1-9(10)12(19)16-13(7-11(17)18)2-5-20-6-3-13/h1,4,8H,2-3,5-7H2,(H,16,19)(H,17,18). The summed E-state index contributed by atoms with van der Waals surface area (Å²) in [6, 6.07) is 1.59. The van der Waals surface area contributed by atoms with Gasteiger partial charge in [-0.15, -0.1) is 0 Å². The second-order valence-corrected chi connectivity index (χ2v) is 5.63. The van der Waals surface area contributed by atoms with Gasteiger partial charge in [0.1, 0.15) is 0 Å². The highest BCUT2D eigenvalue weighted by Crippen LogP contribution is 2.26. The third-order valence-corrected chi connectivity index (χ3v) is 3.97. The molecule has 20 heavy (non-hydrogen) atoms. The second kappa shape index (κ2) is 6.32. The summed E-state index contributed by atoms with van der Waals surface area (Å²) in [4.78, 5) is 27.3. The van der Waals surface area contributed by atoms with Gasteiger partial charge in [0, 0.05) is 30.1 Å². The Morgan fingerprint density at radius 2 is 2.15 bits per heavy atom. The van der Waals surface area contributed by atoms with Crippen molar-refractivity contribution in [2.75, 3.05) is 13.2 Å².